The van der Waals surface area contributed by atoms with Crippen LogP contribution >= 0.6 is 0 Å². The summed E-state index contributed by atoms with van der Waals surface area (Å²) in [6.45, 7) is 12.4. The number of esters is 2. The van der Waals surface area contributed by atoms with Crippen LogP contribution in [0.15, 0.2) is 23.3 Å². The predicted octanol–water partition coefficient (Wildman–Crippen LogP) is 3.44. The molecule has 7 nitrogen and oxygen atoms in total. The van der Waals surface area contributed by atoms with Gasteiger partial charge in [-0.15, -0.1) is 0 Å². The summed E-state index contributed by atoms with van der Waals surface area (Å²) in [7, 11) is 0. The molecule has 2 aliphatic rings. The second-order valence-electron chi connectivity index (χ2n) is 8.86. The zero-order valence-corrected chi connectivity index (χ0v) is 19.1. The van der Waals surface area contributed by atoms with Gasteiger partial charge in [-0.25, -0.2) is 4.79 Å². The Hall–Kier alpha value is -1.70. The lowest BCUT2D eigenvalue weighted by molar-refractivity contribution is -0.325. The lowest BCUT2D eigenvalue weighted by atomic mass is 9.79. The fraction of sp³-hybridized carbons (Fsp3) is 0.739. The number of allylic oxidation sites excluding steroid dienone is 3. The third kappa shape index (κ3) is 5.93. The standard InChI is InChI=1S/C23H36O7/c1-8-14(3)21(26)29-19-18(25)15(4)27-22(20(19)28-16(5)24)30-23(6,7)17-11-9-13(2)10-12-17/h8-9,15,17-20,22,25H,10-12H2,1-7H3/b14-8-. The molecule has 0 aromatic carbocycles. The van der Waals surface area contributed by atoms with Crippen LogP contribution in [0, 0.1) is 5.92 Å². The zero-order valence-electron chi connectivity index (χ0n) is 19.1. The monoisotopic (exact) mass is 424 g/mol. The van der Waals surface area contributed by atoms with E-state index in [0.29, 0.717) is 5.57 Å². The average molecular weight is 425 g/mol. The van der Waals surface area contributed by atoms with Crippen LogP contribution in [0.1, 0.15) is 67.7 Å². The Labute approximate surface area is 179 Å². The topological polar surface area (TPSA) is 91.3 Å². The van der Waals surface area contributed by atoms with E-state index >= 15 is 0 Å². The summed E-state index contributed by atoms with van der Waals surface area (Å²) in [5.41, 5.74) is 1.19. The Morgan fingerprint density at radius 3 is 2.43 bits per heavy atom. The van der Waals surface area contributed by atoms with Gasteiger partial charge in [0.1, 0.15) is 6.10 Å². The number of carbonyl (C=O) groups excluding carboxylic acids is 2. The van der Waals surface area contributed by atoms with Gasteiger partial charge in [-0.3, -0.25) is 4.79 Å². The second kappa shape index (κ2) is 10.1. The van der Waals surface area contributed by atoms with Gasteiger partial charge in [-0.1, -0.05) is 17.7 Å². The largest absolute Gasteiger partial charge is 0.453 e. The van der Waals surface area contributed by atoms with Gasteiger partial charge in [0.05, 0.1) is 11.7 Å². The third-order valence-corrected chi connectivity index (χ3v) is 6.10. The number of carbonyl (C=O) groups is 2. The second-order valence-corrected chi connectivity index (χ2v) is 8.86. The van der Waals surface area contributed by atoms with Gasteiger partial charge in [0, 0.05) is 12.5 Å². The maximum Gasteiger partial charge on any atom is 0.333 e. The van der Waals surface area contributed by atoms with Gasteiger partial charge >= 0.3 is 11.9 Å². The Balaban J connectivity index is 2.27. The number of ether oxygens (including phenoxy) is 4. The van der Waals surface area contributed by atoms with Crippen molar-refractivity contribution in [3.63, 3.8) is 0 Å². The van der Waals surface area contributed by atoms with E-state index in [1.165, 1.54) is 12.5 Å². The summed E-state index contributed by atoms with van der Waals surface area (Å²) < 4.78 is 23.2. The quantitative estimate of drug-likeness (QED) is 0.397. The van der Waals surface area contributed by atoms with E-state index in [-0.39, 0.29) is 5.92 Å². The van der Waals surface area contributed by atoms with Crippen LogP contribution in [0.5, 0.6) is 0 Å². The Kier molecular flexibility index (Phi) is 8.25. The molecule has 1 fully saturated rings. The molecule has 30 heavy (non-hydrogen) atoms. The van der Waals surface area contributed by atoms with Crippen LogP contribution in [-0.2, 0) is 28.5 Å². The predicted molar refractivity (Wildman–Crippen MR) is 111 cm³/mol. The maximum atomic E-state index is 12.4. The van der Waals surface area contributed by atoms with Gasteiger partial charge in [0.25, 0.3) is 0 Å². The Bertz CT molecular complexity index is 694. The van der Waals surface area contributed by atoms with Crippen molar-refractivity contribution in [3.05, 3.63) is 23.3 Å². The molecule has 1 aliphatic heterocycles. The summed E-state index contributed by atoms with van der Waals surface area (Å²) in [6, 6.07) is 0. The molecular weight excluding hydrogens is 388 g/mol. The van der Waals surface area contributed by atoms with Crippen molar-refractivity contribution < 1.29 is 33.6 Å². The SMILES string of the molecule is C/C=C(/C)C(=O)OC1C(O)C(C)OC(OC(C)(C)C2CC=C(C)CC2)C1OC(C)=O. The molecule has 1 heterocycles. The summed E-state index contributed by atoms with van der Waals surface area (Å²) in [5, 5.41) is 10.6. The molecule has 1 aliphatic carbocycles. The van der Waals surface area contributed by atoms with Gasteiger partial charge in [0.2, 0.25) is 0 Å². The number of hydrogen-bond donors (Lipinski definition) is 1. The molecule has 2 rings (SSSR count). The van der Waals surface area contributed by atoms with Crippen molar-refractivity contribution in [3.8, 4) is 0 Å². The lowest BCUT2D eigenvalue weighted by Gasteiger charge is -2.46. The van der Waals surface area contributed by atoms with Crippen molar-refractivity contribution in [1.29, 1.82) is 0 Å². The van der Waals surface area contributed by atoms with Crippen molar-refractivity contribution in [2.45, 2.75) is 104 Å². The van der Waals surface area contributed by atoms with E-state index in [4.69, 9.17) is 18.9 Å². The van der Waals surface area contributed by atoms with Crippen LogP contribution < -0.4 is 0 Å². The molecule has 0 aromatic heterocycles. The maximum absolute atomic E-state index is 12.4. The van der Waals surface area contributed by atoms with Crippen LogP contribution in [0.25, 0.3) is 0 Å². The molecule has 1 N–H and O–H groups in total. The first-order valence-corrected chi connectivity index (χ1v) is 10.6. The first kappa shape index (κ1) is 24.6. The van der Waals surface area contributed by atoms with Crippen molar-refractivity contribution >= 4 is 11.9 Å². The number of hydrogen-bond acceptors (Lipinski definition) is 7. The third-order valence-electron chi connectivity index (χ3n) is 6.10. The summed E-state index contributed by atoms with van der Waals surface area (Å²) in [6.07, 6.45) is 1.73. The van der Waals surface area contributed by atoms with E-state index in [1.807, 2.05) is 13.8 Å². The Morgan fingerprint density at radius 1 is 1.23 bits per heavy atom. The van der Waals surface area contributed by atoms with Gasteiger partial charge in [0.15, 0.2) is 18.5 Å². The molecule has 7 heteroatoms. The van der Waals surface area contributed by atoms with Crippen LogP contribution in [-0.4, -0.2) is 53.4 Å². The fourth-order valence-electron chi connectivity index (χ4n) is 3.86. The highest BCUT2D eigenvalue weighted by Crippen LogP contribution is 2.37. The molecule has 0 aromatic rings. The van der Waals surface area contributed by atoms with Gasteiger partial charge in [-0.05, 0) is 66.7 Å². The van der Waals surface area contributed by atoms with E-state index in [1.54, 1.807) is 26.8 Å². The van der Waals surface area contributed by atoms with Crippen LogP contribution in [0.2, 0.25) is 0 Å². The van der Waals surface area contributed by atoms with Gasteiger partial charge < -0.3 is 24.1 Å². The Morgan fingerprint density at radius 2 is 1.90 bits per heavy atom. The van der Waals surface area contributed by atoms with E-state index in [2.05, 4.69) is 13.0 Å². The first-order valence-electron chi connectivity index (χ1n) is 10.6. The van der Waals surface area contributed by atoms with E-state index < -0.39 is 48.2 Å². The minimum absolute atomic E-state index is 0.260. The van der Waals surface area contributed by atoms with Crippen molar-refractivity contribution in [1.82, 2.24) is 0 Å². The molecule has 0 radical (unpaired) electrons. The molecule has 0 bridgehead atoms. The normalized spacial score (nSPS) is 32.9. The molecule has 0 saturated carbocycles. The minimum Gasteiger partial charge on any atom is -0.453 e. The van der Waals surface area contributed by atoms with Crippen LogP contribution in [0.3, 0.4) is 0 Å². The zero-order chi connectivity index (χ0) is 22.6. The van der Waals surface area contributed by atoms with E-state index in [9.17, 15) is 14.7 Å². The fourth-order valence-corrected chi connectivity index (χ4v) is 3.86. The molecular formula is C23H36O7. The number of rotatable bonds is 6. The highest BCUT2D eigenvalue weighted by molar-refractivity contribution is 5.87. The molecule has 0 amide bonds. The highest BCUT2D eigenvalue weighted by Gasteiger charge is 2.51. The van der Waals surface area contributed by atoms with Gasteiger partial charge in [-0.2, -0.15) is 0 Å². The highest BCUT2D eigenvalue weighted by atomic mass is 16.7. The van der Waals surface area contributed by atoms with Crippen molar-refractivity contribution in [2.75, 3.05) is 0 Å². The minimum atomic E-state index is -1.16. The van der Waals surface area contributed by atoms with Crippen LogP contribution in [0.4, 0.5) is 0 Å². The summed E-state index contributed by atoms with van der Waals surface area (Å²) in [4.78, 5) is 24.2. The molecule has 6 atom stereocenters. The molecule has 6 unspecified atom stereocenters. The molecule has 0 spiro atoms. The first-order chi connectivity index (χ1) is 14.0. The molecule has 170 valence electrons. The summed E-state index contributed by atoms with van der Waals surface area (Å²) >= 11 is 0. The number of aliphatic hydroxyl groups is 1. The summed E-state index contributed by atoms with van der Waals surface area (Å²) in [5.74, 6) is -0.897. The van der Waals surface area contributed by atoms with Crippen molar-refractivity contribution in [2.24, 2.45) is 5.92 Å². The number of aliphatic hydroxyl groups excluding tert-OH is 1. The molecule has 1 saturated heterocycles. The van der Waals surface area contributed by atoms with E-state index in [0.717, 1.165) is 19.3 Å². The average Bonchev–Trinajstić information content (AvgIpc) is 2.67. The lowest BCUT2D eigenvalue weighted by Crippen LogP contribution is -2.61. The smallest absolute Gasteiger partial charge is 0.333 e.